The fourth-order valence-electron chi connectivity index (χ4n) is 14.5. The summed E-state index contributed by atoms with van der Waals surface area (Å²) in [6.07, 6.45) is -4.74. The number of aliphatic hydroxyl groups is 7. The number of carbonyl (C=O) groups is 1. The maximum atomic E-state index is 14.4. The van der Waals surface area contributed by atoms with Gasteiger partial charge in [0.2, 0.25) is 0 Å². The maximum absolute atomic E-state index is 14.4. The molecular weight excluding hydrogens is 700 g/mol. The number of Topliss-reactive ketones (excluding diaryl/α,β-unsaturated/α-hetero) is 1. The molecule has 19 atom stereocenters. The van der Waals surface area contributed by atoms with Gasteiger partial charge in [0.15, 0.2) is 12.6 Å². The van der Waals surface area contributed by atoms with Gasteiger partial charge in [-0.15, -0.1) is 0 Å². The number of carbonyl (C=O) groups excluding carboxylic acids is 1. The van der Waals surface area contributed by atoms with Gasteiger partial charge in [0.05, 0.1) is 43.5 Å². The molecule has 13 nitrogen and oxygen atoms in total. The minimum absolute atomic E-state index is 0.0916. The summed E-state index contributed by atoms with van der Waals surface area (Å²) in [7, 11) is 0. The standard InChI is InChI=1S/C41H66O13/c1-35(2)13-14-40-20-51-41(25(40)15-35)12-8-24-36(3)10-9-27(37(4,19-43)23(36)7-11-38(24,5)39(41,6)16-26(40)44)54-33-31(48)29(46)22(18-50-33)53-34-32(49)30(47)28(45)21(17-42)52-34/h21-25,27-34,42-43,45-49H,7-20H2,1-6H3/t21-,22+,23-,24-,25-,27+,28-,29+,30+,31-,32-,33+,34+,36+,37+,38-,39+,40-,41+/m1/s1. The molecule has 3 aliphatic heterocycles. The van der Waals surface area contributed by atoms with Crippen molar-refractivity contribution in [2.24, 2.45) is 50.2 Å². The second-order valence-corrected chi connectivity index (χ2v) is 20.7. The maximum Gasteiger partial charge on any atom is 0.187 e. The molecule has 5 aliphatic carbocycles. The van der Waals surface area contributed by atoms with E-state index in [-0.39, 0.29) is 57.7 Å². The van der Waals surface area contributed by atoms with Crippen molar-refractivity contribution in [2.45, 2.75) is 173 Å². The van der Waals surface area contributed by atoms with Crippen molar-refractivity contribution in [3.63, 3.8) is 0 Å². The summed E-state index contributed by atoms with van der Waals surface area (Å²) in [4.78, 5) is 14.4. The second-order valence-electron chi connectivity index (χ2n) is 20.7. The number of hydrogen-bond donors (Lipinski definition) is 7. The minimum atomic E-state index is -1.67. The number of ketones is 1. The summed E-state index contributed by atoms with van der Waals surface area (Å²) in [5.41, 5.74) is -1.75. The molecule has 3 saturated heterocycles. The van der Waals surface area contributed by atoms with Gasteiger partial charge in [-0.3, -0.25) is 4.79 Å². The molecule has 54 heavy (non-hydrogen) atoms. The Morgan fingerprint density at radius 3 is 2.15 bits per heavy atom. The van der Waals surface area contributed by atoms with Crippen molar-refractivity contribution in [2.75, 3.05) is 26.4 Å². The van der Waals surface area contributed by atoms with Crippen LogP contribution >= 0.6 is 0 Å². The topological polar surface area (TPSA) is 205 Å². The highest BCUT2D eigenvalue weighted by atomic mass is 16.7. The highest BCUT2D eigenvalue weighted by Crippen LogP contribution is 2.80. The second kappa shape index (κ2) is 13.1. The predicted molar refractivity (Wildman–Crippen MR) is 191 cm³/mol. The van der Waals surface area contributed by atoms with Gasteiger partial charge in [0, 0.05) is 23.2 Å². The molecule has 8 rings (SSSR count). The molecule has 0 unspecified atom stereocenters. The van der Waals surface area contributed by atoms with Crippen LogP contribution in [0.25, 0.3) is 0 Å². The zero-order chi connectivity index (χ0) is 39.0. The third-order valence-corrected chi connectivity index (χ3v) is 17.9. The Balaban J connectivity index is 0.990. The summed E-state index contributed by atoms with van der Waals surface area (Å²) in [6, 6.07) is 0. The number of fused-ring (bicyclic) bond motifs is 4. The smallest absolute Gasteiger partial charge is 0.187 e. The Morgan fingerprint density at radius 2 is 1.44 bits per heavy atom. The summed E-state index contributed by atoms with van der Waals surface area (Å²) >= 11 is 0. The van der Waals surface area contributed by atoms with Gasteiger partial charge in [-0.25, -0.2) is 0 Å². The van der Waals surface area contributed by atoms with E-state index in [1.165, 1.54) is 0 Å². The van der Waals surface area contributed by atoms with Gasteiger partial charge < -0.3 is 59.4 Å². The van der Waals surface area contributed by atoms with Crippen LogP contribution in [0.5, 0.6) is 0 Å². The average Bonchev–Trinajstić information content (AvgIpc) is 3.40. The Bertz CT molecular complexity index is 1460. The van der Waals surface area contributed by atoms with E-state index in [0.717, 1.165) is 51.4 Å². The van der Waals surface area contributed by atoms with Gasteiger partial charge >= 0.3 is 0 Å². The van der Waals surface area contributed by atoms with Crippen molar-refractivity contribution < 1.29 is 64.2 Å². The molecular formula is C41H66O13. The van der Waals surface area contributed by atoms with E-state index in [1.807, 2.05) is 0 Å². The lowest BCUT2D eigenvalue weighted by Crippen LogP contribution is -2.73. The Kier molecular flexibility index (Phi) is 9.70. The lowest BCUT2D eigenvalue weighted by molar-refractivity contribution is -0.354. The molecule has 0 amide bonds. The summed E-state index contributed by atoms with van der Waals surface area (Å²) in [5.74, 6) is 1.06. The first-order valence-corrected chi connectivity index (χ1v) is 20.6. The third-order valence-electron chi connectivity index (χ3n) is 17.9. The van der Waals surface area contributed by atoms with E-state index >= 15 is 0 Å². The first kappa shape index (κ1) is 40.0. The SMILES string of the molecule is CC1(C)CC[C@]23CO[C@@]4(CC[C@@H]5[C@@]6(C)CC[C@H](O[C@@H]7OC[C@H](O[C@@H]8O[C@H](CO)[C@@H](O)[C@H](O)[C@H]8O)[C@H](O)[C@H]7O)[C@@](C)(CO)[C@@H]6CC[C@@]5(C)[C@]4(C)CC2=O)[C@@H]3C1. The molecule has 3 heterocycles. The van der Waals surface area contributed by atoms with Gasteiger partial charge in [-0.2, -0.15) is 0 Å². The number of rotatable bonds is 6. The average molecular weight is 767 g/mol. The van der Waals surface area contributed by atoms with Crippen molar-refractivity contribution in [3.8, 4) is 0 Å². The van der Waals surface area contributed by atoms with E-state index in [1.54, 1.807) is 0 Å². The molecule has 0 aromatic rings. The lowest BCUT2D eigenvalue weighted by Gasteiger charge is -2.74. The quantitative estimate of drug-likeness (QED) is 0.193. The molecule has 0 aromatic carbocycles. The van der Waals surface area contributed by atoms with E-state index < -0.39 is 73.4 Å². The van der Waals surface area contributed by atoms with Gasteiger partial charge in [0.25, 0.3) is 0 Å². The summed E-state index contributed by atoms with van der Waals surface area (Å²) in [5, 5.41) is 73.9. The monoisotopic (exact) mass is 766 g/mol. The molecule has 8 aliphatic rings. The Labute approximate surface area is 319 Å². The fraction of sp³-hybridized carbons (Fsp3) is 0.976. The van der Waals surface area contributed by atoms with Crippen molar-refractivity contribution in [1.29, 1.82) is 0 Å². The largest absolute Gasteiger partial charge is 0.396 e. The van der Waals surface area contributed by atoms with Gasteiger partial charge in [-0.05, 0) is 85.9 Å². The predicted octanol–water partition coefficient (Wildman–Crippen LogP) is 1.82. The lowest BCUT2D eigenvalue weighted by atomic mass is 9.30. The molecule has 308 valence electrons. The van der Waals surface area contributed by atoms with E-state index in [9.17, 15) is 40.5 Å². The van der Waals surface area contributed by atoms with E-state index in [2.05, 4.69) is 41.5 Å². The van der Waals surface area contributed by atoms with E-state index in [4.69, 9.17) is 23.7 Å². The van der Waals surface area contributed by atoms with Gasteiger partial charge in [-0.1, -0.05) is 41.5 Å². The van der Waals surface area contributed by atoms with Crippen LogP contribution in [0, 0.1) is 50.2 Å². The molecule has 13 heteroatoms. The summed E-state index contributed by atoms with van der Waals surface area (Å²) < 4.78 is 30.7. The highest BCUT2D eigenvalue weighted by Gasteiger charge is 2.80. The van der Waals surface area contributed by atoms with E-state index in [0.29, 0.717) is 31.1 Å². The van der Waals surface area contributed by atoms with Crippen LogP contribution in [0.4, 0.5) is 0 Å². The van der Waals surface area contributed by atoms with Crippen LogP contribution in [-0.2, 0) is 28.5 Å². The van der Waals surface area contributed by atoms with Gasteiger partial charge in [0.1, 0.15) is 48.5 Å². The normalized spacial score (nSPS) is 58.1. The molecule has 5 saturated carbocycles. The third kappa shape index (κ3) is 5.22. The molecule has 8 fully saturated rings. The van der Waals surface area contributed by atoms with Crippen LogP contribution in [0.2, 0.25) is 0 Å². The van der Waals surface area contributed by atoms with Crippen LogP contribution in [-0.4, -0.2) is 135 Å². The highest BCUT2D eigenvalue weighted by molar-refractivity contribution is 5.88. The molecule has 0 aromatic heterocycles. The zero-order valence-corrected chi connectivity index (χ0v) is 33.0. The first-order valence-electron chi connectivity index (χ1n) is 20.6. The molecule has 7 N–H and O–H groups in total. The Morgan fingerprint density at radius 1 is 0.741 bits per heavy atom. The number of hydrogen-bond acceptors (Lipinski definition) is 13. The summed E-state index contributed by atoms with van der Waals surface area (Å²) in [6.45, 7) is 13.6. The van der Waals surface area contributed by atoms with Crippen molar-refractivity contribution in [1.82, 2.24) is 0 Å². The molecule has 0 radical (unpaired) electrons. The Hall–Kier alpha value is -0.810. The van der Waals surface area contributed by atoms with Crippen molar-refractivity contribution >= 4 is 5.78 Å². The van der Waals surface area contributed by atoms with Crippen LogP contribution < -0.4 is 0 Å². The van der Waals surface area contributed by atoms with Crippen LogP contribution in [0.15, 0.2) is 0 Å². The first-order chi connectivity index (χ1) is 25.3. The van der Waals surface area contributed by atoms with Crippen molar-refractivity contribution in [3.05, 3.63) is 0 Å². The molecule has 2 bridgehead atoms. The van der Waals surface area contributed by atoms with Crippen LogP contribution in [0.3, 0.4) is 0 Å². The molecule has 1 spiro atoms. The van der Waals surface area contributed by atoms with Crippen LogP contribution in [0.1, 0.15) is 106 Å². The zero-order valence-electron chi connectivity index (χ0n) is 33.0. The minimum Gasteiger partial charge on any atom is -0.396 e. The fourth-order valence-corrected chi connectivity index (χ4v) is 14.5. The number of ether oxygens (including phenoxy) is 5. The number of aliphatic hydroxyl groups excluding tert-OH is 7.